The average molecular weight is 491 g/mol. The van der Waals surface area contributed by atoms with Gasteiger partial charge in [0.15, 0.2) is 29.0 Å². The molecule has 0 atom stereocenters. The summed E-state index contributed by atoms with van der Waals surface area (Å²) >= 11 is 6.33. The summed E-state index contributed by atoms with van der Waals surface area (Å²) in [6.45, 7) is 0.0979. The molecule has 0 bridgehead atoms. The minimum absolute atomic E-state index is 0.0979. The maximum atomic E-state index is 15.0. The van der Waals surface area contributed by atoms with E-state index in [9.17, 15) is 4.39 Å². The zero-order valence-corrected chi connectivity index (χ0v) is 19.6. The number of para-hydroxylation sites is 1. The van der Waals surface area contributed by atoms with Crippen LogP contribution in [0, 0.1) is 5.82 Å². The molecule has 176 valence electrons. The molecule has 3 aromatic heterocycles. The first-order chi connectivity index (χ1) is 17.1. The van der Waals surface area contributed by atoms with Crippen molar-refractivity contribution in [3.8, 4) is 23.0 Å². The number of benzene rings is 2. The van der Waals surface area contributed by atoms with Crippen molar-refractivity contribution in [3.05, 3.63) is 83.5 Å². The summed E-state index contributed by atoms with van der Waals surface area (Å²) in [5.74, 6) is 0.926. The van der Waals surface area contributed by atoms with Crippen molar-refractivity contribution >= 4 is 34.0 Å². The summed E-state index contributed by atoms with van der Waals surface area (Å²) in [7, 11) is 2.96. The van der Waals surface area contributed by atoms with Gasteiger partial charge in [-0.05, 0) is 30.3 Å². The number of halogens is 2. The standard InChI is InChI=1S/C25H20ClFN6O2/c1-34-20-8-7-18(26)17(22(20)27)14-33-19-6-4-3-5-16(19)23(32-33)25-29-13-21(35-2)24(31-25)30-15-9-11-28-12-10-15/h3-13H,14H2,1-2H3,(H,28,29,30,31). The lowest BCUT2D eigenvalue weighted by Gasteiger charge is -2.11. The van der Waals surface area contributed by atoms with E-state index in [0.717, 1.165) is 16.6 Å². The Morgan fingerprint density at radius 1 is 1.00 bits per heavy atom. The van der Waals surface area contributed by atoms with Crippen molar-refractivity contribution in [3.63, 3.8) is 0 Å². The van der Waals surface area contributed by atoms with Crippen LogP contribution in [0.1, 0.15) is 5.56 Å². The van der Waals surface area contributed by atoms with Crippen molar-refractivity contribution in [2.75, 3.05) is 19.5 Å². The van der Waals surface area contributed by atoms with E-state index in [4.69, 9.17) is 26.2 Å². The monoisotopic (exact) mass is 490 g/mol. The lowest BCUT2D eigenvalue weighted by atomic mass is 10.1. The molecule has 35 heavy (non-hydrogen) atoms. The molecule has 0 unspecified atom stereocenters. The van der Waals surface area contributed by atoms with Crippen LogP contribution in [-0.4, -0.2) is 39.0 Å². The summed E-state index contributed by atoms with van der Waals surface area (Å²) in [4.78, 5) is 13.2. The first-order valence-corrected chi connectivity index (χ1v) is 11.0. The van der Waals surface area contributed by atoms with Crippen LogP contribution in [-0.2, 0) is 6.54 Å². The molecule has 3 heterocycles. The molecule has 0 amide bonds. The average Bonchev–Trinajstić information content (AvgIpc) is 3.26. The summed E-state index contributed by atoms with van der Waals surface area (Å²) < 4.78 is 27.2. The Hall–Kier alpha value is -4.24. The van der Waals surface area contributed by atoms with Gasteiger partial charge in [-0.25, -0.2) is 14.4 Å². The smallest absolute Gasteiger partial charge is 0.183 e. The Bertz CT molecular complexity index is 1510. The SMILES string of the molecule is COc1cnc(-c2nn(Cc3c(Cl)ccc(OC)c3F)c3ccccc23)nc1Nc1ccncc1. The molecule has 10 heteroatoms. The van der Waals surface area contributed by atoms with Crippen molar-refractivity contribution in [1.29, 1.82) is 0 Å². The maximum Gasteiger partial charge on any atom is 0.183 e. The summed E-state index contributed by atoms with van der Waals surface area (Å²) in [5.41, 5.74) is 2.40. The third kappa shape index (κ3) is 4.33. The molecule has 0 aliphatic carbocycles. The fourth-order valence-electron chi connectivity index (χ4n) is 3.74. The van der Waals surface area contributed by atoms with Gasteiger partial charge in [0.25, 0.3) is 0 Å². The zero-order valence-electron chi connectivity index (χ0n) is 18.9. The van der Waals surface area contributed by atoms with Gasteiger partial charge in [0.1, 0.15) is 5.69 Å². The van der Waals surface area contributed by atoms with Gasteiger partial charge >= 0.3 is 0 Å². The van der Waals surface area contributed by atoms with E-state index in [0.29, 0.717) is 23.1 Å². The number of rotatable bonds is 7. The van der Waals surface area contributed by atoms with Gasteiger partial charge < -0.3 is 14.8 Å². The fraction of sp³-hybridized carbons (Fsp3) is 0.120. The fourth-order valence-corrected chi connectivity index (χ4v) is 3.94. The van der Waals surface area contributed by atoms with Crippen molar-refractivity contribution in [2.24, 2.45) is 0 Å². The minimum atomic E-state index is -0.523. The van der Waals surface area contributed by atoms with Gasteiger partial charge in [-0.3, -0.25) is 9.67 Å². The number of methoxy groups -OCH3 is 2. The third-order valence-electron chi connectivity index (χ3n) is 5.47. The van der Waals surface area contributed by atoms with Crippen LogP contribution in [0.4, 0.5) is 15.9 Å². The van der Waals surface area contributed by atoms with Crippen LogP contribution in [0.3, 0.4) is 0 Å². The molecule has 8 nitrogen and oxygen atoms in total. The highest BCUT2D eigenvalue weighted by atomic mass is 35.5. The summed E-state index contributed by atoms with van der Waals surface area (Å²) in [5, 5.41) is 9.07. The van der Waals surface area contributed by atoms with Crippen LogP contribution < -0.4 is 14.8 Å². The number of anilines is 2. The van der Waals surface area contributed by atoms with E-state index in [1.165, 1.54) is 13.2 Å². The van der Waals surface area contributed by atoms with E-state index in [2.05, 4.69) is 20.3 Å². The quantitative estimate of drug-likeness (QED) is 0.323. The molecule has 0 saturated carbocycles. The second-order valence-corrected chi connectivity index (χ2v) is 7.94. The topological polar surface area (TPSA) is 87.0 Å². The number of fused-ring (bicyclic) bond motifs is 1. The molecular formula is C25H20ClFN6O2. The molecule has 0 fully saturated rings. The number of nitrogens with one attached hydrogen (secondary N) is 1. The normalized spacial score (nSPS) is 11.0. The number of hydrogen-bond donors (Lipinski definition) is 1. The first-order valence-electron chi connectivity index (χ1n) is 10.6. The molecule has 0 spiro atoms. The van der Waals surface area contributed by atoms with Gasteiger partial charge in [-0.1, -0.05) is 29.8 Å². The van der Waals surface area contributed by atoms with Crippen molar-refractivity contribution in [1.82, 2.24) is 24.7 Å². The van der Waals surface area contributed by atoms with Crippen LogP contribution in [0.25, 0.3) is 22.4 Å². The Morgan fingerprint density at radius 2 is 1.77 bits per heavy atom. The number of aromatic nitrogens is 5. The highest BCUT2D eigenvalue weighted by molar-refractivity contribution is 6.31. The number of nitrogens with zero attached hydrogens (tertiary/aromatic N) is 5. The Labute approximate surface area is 205 Å². The van der Waals surface area contributed by atoms with Gasteiger partial charge in [0, 0.05) is 34.1 Å². The third-order valence-corrected chi connectivity index (χ3v) is 5.82. The highest BCUT2D eigenvalue weighted by Gasteiger charge is 2.20. The number of ether oxygens (including phenoxy) is 2. The molecule has 0 aliphatic heterocycles. The van der Waals surface area contributed by atoms with E-state index in [1.54, 1.807) is 36.4 Å². The van der Waals surface area contributed by atoms with Crippen LogP contribution in [0.5, 0.6) is 11.5 Å². The molecule has 0 aliphatic rings. The summed E-state index contributed by atoms with van der Waals surface area (Å²) in [6, 6.07) is 14.3. The van der Waals surface area contributed by atoms with Gasteiger partial charge in [-0.15, -0.1) is 0 Å². The molecule has 5 rings (SSSR count). The first kappa shape index (κ1) is 22.5. The van der Waals surface area contributed by atoms with Crippen LogP contribution in [0.15, 0.2) is 67.1 Å². The lowest BCUT2D eigenvalue weighted by Crippen LogP contribution is -2.06. The highest BCUT2D eigenvalue weighted by Crippen LogP contribution is 2.33. The van der Waals surface area contributed by atoms with E-state index in [-0.39, 0.29) is 22.9 Å². The predicted octanol–water partition coefficient (Wildman–Crippen LogP) is 5.49. The Kier molecular flexibility index (Phi) is 6.15. The second-order valence-electron chi connectivity index (χ2n) is 7.54. The Balaban J connectivity index is 1.60. The molecule has 0 saturated heterocycles. The molecular weight excluding hydrogens is 471 g/mol. The lowest BCUT2D eigenvalue weighted by molar-refractivity contribution is 0.383. The van der Waals surface area contributed by atoms with E-state index < -0.39 is 5.82 Å². The van der Waals surface area contributed by atoms with E-state index >= 15 is 0 Å². The Morgan fingerprint density at radius 3 is 2.54 bits per heavy atom. The minimum Gasteiger partial charge on any atom is -0.494 e. The van der Waals surface area contributed by atoms with Crippen molar-refractivity contribution < 1.29 is 13.9 Å². The number of hydrogen-bond acceptors (Lipinski definition) is 7. The molecule has 2 aromatic carbocycles. The predicted molar refractivity (Wildman–Crippen MR) is 132 cm³/mol. The molecule has 5 aromatic rings. The van der Waals surface area contributed by atoms with Crippen LogP contribution >= 0.6 is 11.6 Å². The maximum absolute atomic E-state index is 15.0. The second kappa shape index (κ2) is 9.55. The summed E-state index contributed by atoms with van der Waals surface area (Å²) in [6.07, 6.45) is 4.93. The number of pyridine rings is 1. The zero-order chi connectivity index (χ0) is 24.4. The van der Waals surface area contributed by atoms with E-state index in [1.807, 2.05) is 36.4 Å². The van der Waals surface area contributed by atoms with Crippen LogP contribution in [0.2, 0.25) is 5.02 Å². The molecule has 1 N–H and O–H groups in total. The molecule has 0 radical (unpaired) electrons. The largest absolute Gasteiger partial charge is 0.494 e. The van der Waals surface area contributed by atoms with Crippen molar-refractivity contribution in [2.45, 2.75) is 6.54 Å². The van der Waals surface area contributed by atoms with Gasteiger partial charge in [-0.2, -0.15) is 5.10 Å². The van der Waals surface area contributed by atoms with Gasteiger partial charge in [0.05, 0.1) is 32.5 Å². The van der Waals surface area contributed by atoms with Gasteiger partial charge in [0.2, 0.25) is 0 Å².